The number of nitrogens with zero attached hydrogens (tertiary/aromatic N) is 4. The first kappa shape index (κ1) is 16.2. The molecule has 0 bridgehead atoms. The Morgan fingerprint density at radius 3 is 2.83 bits per heavy atom. The van der Waals surface area contributed by atoms with E-state index in [1.807, 2.05) is 23.4 Å². The normalized spacial score (nSPS) is 22.8. The van der Waals surface area contributed by atoms with Crippen LogP contribution < -0.4 is 4.90 Å². The molecule has 0 spiro atoms. The fraction of sp³-hybridized carbons (Fsp3) is 0.647. The van der Waals surface area contributed by atoms with Crippen molar-refractivity contribution >= 4 is 11.6 Å². The van der Waals surface area contributed by atoms with Crippen molar-refractivity contribution in [1.82, 2.24) is 14.8 Å². The number of hydrogen-bond acceptors (Lipinski definition) is 5. The van der Waals surface area contributed by atoms with Gasteiger partial charge in [-0.3, -0.25) is 14.7 Å². The van der Waals surface area contributed by atoms with Crippen molar-refractivity contribution in [1.29, 1.82) is 0 Å². The zero-order chi connectivity index (χ0) is 16.1. The van der Waals surface area contributed by atoms with Crippen LogP contribution in [0.25, 0.3) is 0 Å². The molecular formula is C17H26N4O2. The van der Waals surface area contributed by atoms with E-state index >= 15 is 0 Å². The first-order valence-corrected chi connectivity index (χ1v) is 8.40. The summed E-state index contributed by atoms with van der Waals surface area (Å²) in [7, 11) is 1.68. The maximum absolute atomic E-state index is 12.0. The lowest BCUT2D eigenvalue weighted by atomic mass is 10.1. The number of likely N-dealkylation sites (tertiary alicyclic amines) is 1. The third kappa shape index (κ3) is 4.20. The van der Waals surface area contributed by atoms with Gasteiger partial charge in [-0.05, 0) is 18.1 Å². The smallest absolute Gasteiger partial charge is 0.223 e. The van der Waals surface area contributed by atoms with E-state index in [0.717, 1.165) is 45.8 Å². The summed E-state index contributed by atoms with van der Waals surface area (Å²) in [4.78, 5) is 23.0. The number of methoxy groups -OCH3 is 1. The Morgan fingerprint density at radius 1 is 1.30 bits per heavy atom. The van der Waals surface area contributed by atoms with Crippen LogP contribution in [-0.2, 0) is 9.53 Å². The maximum atomic E-state index is 12.0. The number of carbonyl (C=O) groups excluding carboxylic acids is 1. The summed E-state index contributed by atoms with van der Waals surface area (Å²) in [5, 5.41) is 0. The van der Waals surface area contributed by atoms with Crippen molar-refractivity contribution in [3.05, 3.63) is 24.5 Å². The first-order chi connectivity index (χ1) is 11.3. The summed E-state index contributed by atoms with van der Waals surface area (Å²) >= 11 is 0. The summed E-state index contributed by atoms with van der Waals surface area (Å²) in [6.07, 6.45) is 4.43. The van der Waals surface area contributed by atoms with Crippen molar-refractivity contribution in [2.24, 2.45) is 5.92 Å². The van der Waals surface area contributed by atoms with Crippen LogP contribution in [0.15, 0.2) is 24.5 Å². The van der Waals surface area contributed by atoms with Crippen LogP contribution in [0.1, 0.15) is 6.42 Å². The minimum Gasteiger partial charge on any atom is -0.383 e. The van der Waals surface area contributed by atoms with Gasteiger partial charge in [0.15, 0.2) is 0 Å². The van der Waals surface area contributed by atoms with E-state index in [-0.39, 0.29) is 5.91 Å². The van der Waals surface area contributed by atoms with Gasteiger partial charge in [-0.2, -0.15) is 0 Å². The number of ether oxygens (including phenoxy) is 1. The van der Waals surface area contributed by atoms with Gasteiger partial charge >= 0.3 is 0 Å². The third-order valence-corrected chi connectivity index (χ3v) is 4.76. The molecule has 2 aliphatic rings. The number of amides is 1. The first-order valence-electron chi connectivity index (χ1n) is 8.40. The summed E-state index contributed by atoms with van der Waals surface area (Å²) in [6, 6.07) is 4.10. The van der Waals surface area contributed by atoms with E-state index in [4.69, 9.17) is 4.74 Å². The highest BCUT2D eigenvalue weighted by molar-refractivity contribution is 5.78. The lowest BCUT2D eigenvalue weighted by molar-refractivity contribution is -0.128. The molecule has 1 atom stereocenters. The lowest BCUT2D eigenvalue weighted by Crippen LogP contribution is -2.48. The van der Waals surface area contributed by atoms with Crippen LogP contribution in [0, 0.1) is 5.92 Å². The highest BCUT2D eigenvalue weighted by Gasteiger charge is 2.31. The highest BCUT2D eigenvalue weighted by atomic mass is 16.5. The Labute approximate surface area is 138 Å². The molecular weight excluding hydrogens is 292 g/mol. The van der Waals surface area contributed by atoms with Gasteiger partial charge in [-0.1, -0.05) is 0 Å². The Morgan fingerprint density at radius 2 is 2.13 bits per heavy atom. The average Bonchev–Trinajstić information content (AvgIpc) is 2.94. The molecule has 3 heterocycles. The van der Waals surface area contributed by atoms with E-state index in [1.165, 1.54) is 5.69 Å². The zero-order valence-corrected chi connectivity index (χ0v) is 13.9. The second kappa shape index (κ2) is 7.75. The number of hydrogen-bond donors (Lipinski definition) is 0. The molecule has 1 aromatic rings. The number of carbonyl (C=O) groups is 1. The van der Waals surface area contributed by atoms with E-state index in [0.29, 0.717) is 18.9 Å². The summed E-state index contributed by atoms with van der Waals surface area (Å²) in [6.45, 7) is 7.42. The molecule has 1 amide bonds. The molecule has 6 heteroatoms. The van der Waals surface area contributed by atoms with Crippen molar-refractivity contribution in [3.8, 4) is 0 Å². The minimum atomic E-state index is 0.279. The fourth-order valence-electron chi connectivity index (χ4n) is 3.49. The molecule has 2 aliphatic heterocycles. The fourth-order valence-corrected chi connectivity index (χ4v) is 3.49. The van der Waals surface area contributed by atoms with Crippen LogP contribution in [0.2, 0.25) is 0 Å². The summed E-state index contributed by atoms with van der Waals surface area (Å²) < 4.78 is 5.08. The van der Waals surface area contributed by atoms with E-state index in [1.54, 1.807) is 7.11 Å². The van der Waals surface area contributed by atoms with Crippen molar-refractivity contribution in [2.75, 3.05) is 64.4 Å². The highest BCUT2D eigenvalue weighted by Crippen LogP contribution is 2.20. The third-order valence-electron chi connectivity index (χ3n) is 4.76. The lowest BCUT2D eigenvalue weighted by Gasteiger charge is -2.36. The van der Waals surface area contributed by atoms with Gasteiger partial charge in [-0.25, -0.2) is 0 Å². The van der Waals surface area contributed by atoms with Crippen LogP contribution in [0.3, 0.4) is 0 Å². The Balaban J connectivity index is 1.43. The molecule has 1 aromatic heterocycles. The molecule has 3 rings (SSSR count). The predicted molar refractivity (Wildman–Crippen MR) is 89.5 cm³/mol. The average molecular weight is 318 g/mol. The van der Waals surface area contributed by atoms with Crippen molar-refractivity contribution in [2.45, 2.75) is 6.42 Å². The largest absolute Gasteiger partial charge is 0.383 e. The minimum absolute atomic E-state index is 0.279. The summed E-state index contributed by atoms with van der Waals surface area (Å²) in [5.41, 5.74) is 1.20. The van der Waals surface area contributed by atoms with Gasteiger partial charge in [0.05, 0.1) is 18.5 Å². The predicted octanol–water partition coefficient (Wildman–Crippen LogP) is 0.699. The topological polar surface area (TPSA) is 48.9 Å². The Kier molecular flexibility index (Phi) is 5.46. The quantitative estimate of drug-likeness (QED) is 0.773. The van der Waals surface area contributed by atoms with Gasteiger partial charge < -0.3 is 14.5 Å². The monoisotopic (exact) mass is 318 g/mol. The summed E-state index contributed by atoms with van der Waals surface area (Å²) in [5.74, 6) is 0.741. The molecule has 23 heavy (non-hydrogen) atoms. The molecule has 0 radical (unpaired) electrons. The van der Waals surface area contributed by atoms with Gasteiger partial charge in [0, 0.05) is 65.5 Å². The molecule has 2 fully saturated rings. The van der Waals surface area contributed by atoms with E-state index < -0.39 is 0 Å². The number of piperazine rings is 1. The van der Waals surface area contributed by atoms with Crippen LogP contribution in [0.5, 0.6) is 0 Å². The van der Waals surface area contributed by atoms with Gasteiger partial charge in [0.2, 0.25) is 5.91 Å². The SMILES string of the molecule is COCCN1CC(CN2CCN(c3cccnc3)CC2)CC1=O. The van der Waals surface area contributed by atoms with Gasteiger partial charge in [-0.15, -0.1) is 0 Å². The standard InChI is InChI=1S/C17H26N4O2/c1-23-10-9-21-14-15(11-17(21)22)13-19-5-7-20(8-6-19)16-3-2-4-18-12-16/h2-4,12,15H,5-11,13-14H2,1H3. The van der Waals surface area contributed by atoms with Crippen molar-refractivity contribution < 1.29 is 9.53 Å². The van der Waals surface area contributed by atoms with Crippen molar-refractivity contribution in [3.63, 3.8) is 0 Å². The van der Waals surface area contributed by atoms with Gasteiger partial charge in [0.25, 0.3) is 0 Å². The van der Waals surface area contributed by atoms with Crippen LogP contribution in [-0.4, -0.2) is 80.2 Å². The molecule has 126 valence electrons. The molecule has 2 saturated heterocycles. The van der Waals surface area contributed by atoms with Gasteiger partial charge in [0.1, 0.15) is 0 Å². The van der Waals surface area contributed by atoms with Crippen LogP contribution in [0.4, 0.5) is 5.69 Å². The Hall–Kier alpha value is -1.66. The van der Waals surface area contributed by atoms with E-state index in [2.05, 4.69) is 20.9 Å². The van der Waals surface area contributed by atoms with Crippen LogP contribution >= 0.6 is 0 Å². The molecule has 0 aromatic carbocycles. The molecule has 0 saturated carbocycles. The number of aromatic nitrogens is 1. The molecule has 6 nitrogen and oxygen atoms in total. The number of anilines is 1. The zero-order valence-electron chi connectivity index (χ0n) is 13.9. The second-order valence-electron chi connectivity index (χ2n) is 6.40. The molecule has 0 aliphatic carbocycles. The molecule has 0 N–H and O–H groups in total. The molecule has 1 unspecified atom stereocenters. The maximum Gasteiger partial charge on any atom is 0.223 e. The Bertz CT molecular complexity index is 503. The van der Waals surface area contributed by atoms with E-state index in [9.17, 15) is 4.79 Å². The number of pyridine rings is 1. The second-order valence-corrected chi connectivity index (χ2v) is 6.40. The number of rotatable bonds is 6.